The summed E-state index contributed by atoms with van der Waals surface area (Å²) in [7, 11) is -2.55. The highest BCUT2D eigenvalue weighted by Crippen LogP contribution is 2.31. The normalized spacial score (nSPS) is 12.0. The minimum atomic E-state index is -5.08. The number of nitrogens with two attached hydrogens (primary N) is 1. The van der Waals surface area contributed by atoms with Gasteiger partial charge in [-0.15, -0.1) is 0 Å². The molecule has 0 saturated heterocycles. The summed E-state index contributed by atoms with van der Waals surface area (Å²) in [6.07, 6.45) is -2.46. The summed E-state index contributed by atoms with van der Waals surface area (Å²) in [4.78, 5) is 22.0. The third-order valence-electron chi connectivity index (χ3n) is 5.62. The second kappa shape index (κ2) is 14.3. The molecule has 0 aliphatic carbocycles. The molecule has 0 heterocycles. The van der Waals surface area contributed by atoms with E-state index >= 15 is 0 Å². The smallest absolute Gasteiger partial charge is 0.475 e. The summed E-state index contributed by atoms with van der Waals surface area (Å²) in [5, 5.41) is 23.4. The van der Waals surface area contributed by atoms with E-state index in [-0.39, 0.29) is 6.42 Å². The first-order chi connectivity index (χ1) is 19.6. The number of hydrogen-bond acceptors (Lipinski definition) is 8. The van der Waals surface area contributed by atoms with Gasteiger partial charge in [0.15, 0.2) is 0 Å². The van der Waals surface area contributed by atoms with Gasteiger partial charge < -0.3 is 16.3 Å². The molecule has 0 radical (unpaired) electrons. The first-order valence-electron chi connectivity index (χ1n) is 11.7. The zero-order valence-electron chi connectivity index (χ0n) is 22.1. The topological polar surface area (TPSA) is 166 Å². The lowest BCUT2D eigenvalue weighted by Gasteiger charge is -2.25. The molecule has 4 N–H and O–H groups in total. The third kappa shape index (κ3) is 9.50. The van der Waals surface area contributed by atoms with Gasteiger partial charge in [0.05, 0.1) is 34.8 Å². The van der Waals surface area contributed by atoms with Crippen LogP contribution in [0.2, 0.25) is 5.02 Å². The van der Waals surface area contributed by atoms with Crippen LogP contribution in [0.4, 0.5) is 18.9 Å². The lowest BCUT2D eigenvalue weighted by Crippen LogP contribution is -2.44. The van der Waals surface area contributed by atoms with Crippen LogP contribution in [0, 0.1) is 11.3 Å². The van der Waals surface area contributed by atoms with Crippen molar-refractivity contribution in [3.63, 3.8) is 0 Å². The summed E-state index contributed by atoms with van der Waals surface area (Å²) >= 11 is 6.54. The standard InChI is InChI=1S/C25H24ClN5O3S.C2HF3O2/c1-31(35(2,33)34)25(32)24(13-17-6-5-7-18(12-17)16-29-28)30-23-11-10-19(14-22(23)26)21-9-4-3-8-20(21)15-27;3-2(4,5)1(6)7/h3-12,14,16,24,30H,13,28H2,1-2H3;(H,6,7)/t24-;/m0./s1. The number of rotatable bonds is 8. The molecule has 1 atom stereocenters. The first-order valence-corrected chi connectivity index (χ1v) is 14.0. The van der Waals surface area contributed by atoms with E-state index < -0.39 is 34.1 Å². The Balaban J connectivity index is 0.000000782. The predicted molar refractivity (Wildman–Crippen MR) is 152 cm³/mol. The van der Waals surface area contributed by atoms with Crippen molar-refractivity contribution in [3.05, 3.63) is 88.4 Å². The van der Waals surface area contributed by atoms with Crippen LogP contribution < -0.4 is 11.2 Å². The van der Waals surface area contributed by atoms with Crippen molar-refractivity contribution in [2.45, 2.75) is 18.6 Å². The molecule has 0 bridgehead atoms. The molecule has 42 heavy (non-hydrogen) atoms. The largest absolute Gasteiger partial charge is 0.490 e. The molecule has 0 aliphatic heterocycles. The molecule has 3 rings (SSSR count). The molecule has 1 amide bonds. The fourth-order valence-corrected chi connectivity index (χ4v) is 4.21. The maximum atomic E-state index is 13.2. The Morgan fingerprint density at radius 1 is 1.17 bits per heavy atom. The Morgan fingerprint density at radius 3 is 2.36 bits per heavy atom. The van der Waals surface area contributed by atoms with Crippen LogP contribution in [-0.4, -0.2) is 61.4 Å². The van der Waals surface area contributed by atoms with Crippen LogP contribution in [0.15, 0.2) is 71.8 Å². The van der Waals surface area contributed by atoms with Crippen molar-refractivity contribution in [2.75, 3.05) is 18.6 Å². The molecular weight excluding hydrogens is 599 g/mol. The highest BCUT2D eigenvalue weighted by molar-refractivity contribution is 7.88. The van der Waals surface area contributed by atoms with Crippen molar-refractivity contribution >= 4 is 45.4 Å². The van der Waals surface area contributed by atoms with Gasteiger partial charge in [-0.25, -0.2) is 17.5 Å². The molecule has 0 saturated carbocycles. The molecule has 10 nitrogen and oxygen atoms in total. The minimum Gasteiger partial charge on any atom is -0.475 e. The molecule has 15 heteroatoms. The van der Waals surface area contributed by atoms with Gasteiger partial charge in [-0.2, -0.15) is 23.5 Å². The maximum absolute atomic E-state index is 13.2. The van der Waals surface area contributed by atoms with Gasteiger partial charge in [0.1, 0.15) is 6.04 Å². The molecule has 3 aromatic rings. The molecule has 0 spiro atoms. The number of likely N-dealkylation sites (N-methyl/N-ethyl adjacent to an activating group) is 1. The highest BCUT2D eigenvalue weighted by atomic mass is 35.5. The van der Waals surface area contributed by atoms with Crippen molar-refractivity contribution in [1.29, 1.82) is 5.26 Å². The van der Waals surface area contributed by atoms with Crippen LogP contribution in [0.3, 0.4) is 0 Å². The van der Waals surface area contributed by atoms with Crippen molar-refractivity contribution in [2.24, 2.45) is 10.9 Å². The van der Waals surface area contributed by atoms with Crippen LogP contribution in [0.1, 0.15) is 16.7 Å². The summed E-state index contributed by atoms with van der Waals surface area (Å²) in [5.74, 6) is 1.84. The number of sulfonamides is 1. The van der Waals surface area contributed by atoms with Gasteiger partial charge in [-0.1, -0.05) is 60.1 Å². The van der Waals surface area contributed by atoms with E-state index in [1.54, 1.807) is 42.5 Å². The number of carboxylic acid groups (broad SMARTS) is 1. The van der Waals surface area contributed by atoms with Crippen LogP contribution >= 0.6 is 11.6 Å². The van der Waals surface area contributed by atoms with Crippen LogP contribution in [-0.2, 0) is 26.0 Å². The van der Waals surface area contributed by atoms with Gasteiger partial charge in [0, 0.05) is 13.5 Å². The lowest BCUT2D eigenvalue weighted by atomic mass is 9.99. The number of carbonyl (C=O) groups excluding carboxylic acids is 1. The van der Waals surface area contributed by atoms with E-state index in [0.29, 0.717) is 20.6 Å². The van der Waals surface area contributed by atoms with E-state index in [0.717, 1.165) is 28.5 Å². The number of carbonyl (C=O) groups is 2. The summed E-state index contributed by atoms with van der Waals surface area (Å²) < 4.78 is 56.5. The number of nitriles is 1. The van der Waals surface area contributed by atoms with Crippen LogP contribution in [0.25, 0.3) is 11.1 Å². The van der Waals surface area contributed by atoms with Gasteiger partial charge in [-0.05, 0) is 40.5 Å². The summed E-state index contributed by atoms with van der Waals surface area (Å²) in [6.45, 7) is 0. The van der Waals surface area contributed by atoms with Gasteiger partial charge >= 0.3 is 12.1 Å². The number of halogens is 4. The molecule has 0 aliphatic rings. The fourth-order valence-electron chi connectivity index (χ4n) is 3.52. The molecular formula is C27H25ClF3N5O5S. The van der Waals surface area contributed by atoms with E-state index in [1.165, 1.54) is 13.3 Å². The monoisotopic (exact) mass is 623 g/mol. The number of nitrogens with one attached hydrogen (secondary N) is 1. The number of benzene rings is 3. The predicted octanol–water partition coefficient (Wildman–Crippen LogP) is 4.25. The van der Waals surface area contributed by atoms with Crippen molar-refractivity contribution in [3.8, 4) is 17.2 Å². The minimum absolute atomic E-state index is 0.181. The van der Waals surface area contributed by atoms with Gasteiger partial charge in [0.2, 0.25) is 10.0 Å². The number of carboxylic acids is 1. The summed E-state index contributed by atoms with van der Waals surface area (Å²) in [6, 6.07) is 20.8. The highest BCUT2D eigenvalue weighted by Gasteiger charge is 2.38. The van der Waals surface area contributed by atoms with E-state index in [2.05, 4.69) is 16.5 Å². The number of anilines is 1. The zero-order valence-corrected chi connectivity index (χ0v) is 23.7. The van der Waals surface area contributed by atoms with Crippen molar-refractivity contribution < 1.29 is 36.3 Å². The third-order valence-corrected chi connectivity index (χ3v) is 7.11. The summed E-state index contributed by atoms with van der Waals surface area (Å²) in [5.41, 5.74) is 3.93. The van der Waals surface area contributed by atoms with Gasteiger partial charge in [-0.3, -0.25) is 4.79 Å². The molecule has 3 aromatic carbocycles. The first kappa shape index (κ1) is 33.6. The van der Waals surface area contributed by atoms with E-state index in [4.69, 9.17) is 27.3 Å². The van der Waals surface area contributed by atoms with Crippen molar-refractivity contribution in [1.82, 2.24) is 4.31 Å². The molecule has 0 aromatic heterocycles. The Kier molecular flexibility index (Phi) is 11.5. The number of amides is 1. The number of aliphatic carboxylic acids is 1. The van der Waals surface area contributed by atoms with Crippen LogP contribution in [0.5, 0.6) is 0 Å². The Morgan fingerprint density at radius 2 is 1.81 bits per heavy atom. The molecule has 0 fully saturated rings. The SMILES string of the molecule is CN(C(=O)[C@H](Cc1cccc(C=NN)c1)Nc1ccc(-c2ccccc2C#N)cc1Cl)S(C)(=O)=O.O=C(O)C(F)(F)F. The Labute approximate surface area is 244 Å². The zero-order chi connectivity index (χ0) is 31.7. The average molecular weight is 624 g/mol. The lowest BCUT2D eigenvalue weighted by molar-refractivity contribution is -0.192. The number of alkyl halides is 3. The quantitative estimate of drug-likeness (QED) is 0.190. The Bertz CT molecular complexity index is 1620. The second-order valence-corrected chi connectivity index (χ2v) is 11.1. The number of nitrogens with zero attached hydrogens (tertiary/aromatic N) is 3. The fraction of sp³-hybridized carbons (Fsp3) is 0.185. The molecule has 222 valence electrons. The number of hydrazone groups is 1. The second-order valence-electron chi connectivity index (χ2n) is 8.65. The molecule has 0 unspecified atom stereocenters. The number of hydrogen-bond donors (Lipinski definition) is 3. The van der Waals surface area contributed by atoms with E-state index in [9.17, 15) is 31.6 Å². The van der Waals surface area contributed by atoms with Gasteiger partial charge in [0.25, 0.3) is 5.91 Å². The Hall–Kier alpha value is -4.61. The average Bonchev–Trinajstić information content (AvgIpc) is 2.92. The van der Waals surface area contributed by atoms with E-state index in [1.807, 2.05) is 24.3 Å². The maximum Gasteiger partial charge on any atom is 0.490 e.